The van der Waals surface area contributed by atoms with Gasteiger partial charge in [0.05, 0.1) is 6.54 Å². The highest BCUT2D eigenvalue weighted by atomic mass is 79.9. The molecule has 1 aromatic heterocycles. The Labute approximate surface area is 116 Å². The molecular formula is C12H10BrF2N3O. The van der Waals surface area contributed by atoms with Gasteiger partial charge in [0.15, 0.2) is 0 Å². The Bertz CT molecular complexity index is 590. The van der Waals surface area contributed by atoms with Gasteiger partial charge in [0.1, 0.15) is 17.2 Å². The van der Waals surface area contributed by atoms with Crippen LogP contribution in [-0.2, 0) is 6.54 Å². The number of nitrogens with one attached hydrogen (secondary N) is 1. The molecule has 1 aromatic carbocycles. The van der Waals surface area contributed by atoms with E-state index in [-0.39, 0.29) is 11.5 Å². The standard InChI is InChI=1S/C12H10BrF2N3O/c13-6-3-8(14)11(9(15)4-6)12-18-17-10(19-12)5-16-7-1-2-7/h3-4,7,16H,1-2,5H2. The molecular weight excluding hydrogens is 320 g/mol. The van der Waals surface area contributed by atoms with Crippen molar-refractivity contribution < 1.29 is 13.2 Å². The highest BCUT2D eigenvalue weighted by molar-refractivity contribution is 9.10. The Kier molecular flexibility index (Phi) is 3.32. The first-order valence-electron chi connectivity index (χ1n) is 5.84. The first-order chi connectivity index (χ1) is 9.13. The molecule has 1 aliphatic rings. The van der Waals surface area contributed by atoms with Crippen LogP contribution in [0.2, 0.25) is 0 Å². The van der Waals surface area contributed by atoms with Gasteiger partial charge in [-0.25, -0.2) is 8.78 Å². The summed E-state index contributed by atoms with van der Waals surface area (Å²) in [4.78, 5) is 0. The lowest BCUT2D eigenvalue weighted by Crippen LogP contribution is -2.15. The minimum absolute atomic E-state index is 0.143. The quantitative estimate of drug-likeness (QED) is 0.936. The fourth-order valence-electron chi connectivity index (χ4n) is 1.69. The third kappa shape index (κ3) is 2.82. The summed E-state index contributed by atoms with van der Waals surface area (Å²) in [6.45, 7) is 0.414. The summed E-state index contributed by atoms with van der Waals surface area (Å²) >= 11 is 3.02. The van der Waals surface area contributed by atoms with Gasteiger partial charge in [0.25, 0.3) is 5.89 Å². The van der Waals surface area contributed by atoms with Crippen LogP contribution in [-0.4, -0.2) is 16.2 Å². The van der Waals surface area contributed by atoms with Crippen LogP contribution >= 0.6 is 15.9 Å². The van der Waals surface area contributed by atoms with Crippen molar-refractivity contribution in [2.75, 3.05) is 0 Å². The summed E-state index contributed by atoms with van der Waals surface area (Å²) in [5, 5.41) is 10.6. The van der Waals surface area contributed by atoms with Crippen LogP contribution < -0.4 is 5.32 Å². The normalized spacial score (nSPS) is 14.9. The fraction of sp³-hybridized carbons (Fsp3) is 0.333. The van der Waals surface area contributed by atoms with Gasteiger partial charge in [-0.05, 0) is 25.0 Å². The molecule has 19 heavy (non-hydrogen) atoms. The highest BCUT2D eigenvalue weighted by Gasteiger charge is 2.22. The number of rotatable bonds is 4. The van der Waals surface area contributed by atoms with E-state index in [9.17, 15) is 8.78 Å². The zero-order valence-corrected chi connectivity index (χ0v) is 11.4. The van der Waals surface area contributed by atoms with Gasteiger partial charge in [0, 0.05) is 10.5 Å². The molecule has 0 bridgehead atoms. The number of halogens is 3. The van der Waals surface area contributed by atoms with Gasteiger partial charge in [-0.3, -0.25) is 0 Å². The minimum Gasteiger partial charge on any atom is -0.419 e. The molecule has 0 atom stereocenters. The van der Waals surface area contributed by atoms with Gasteiger partial charge in [0.2, 0.25) is 5.89 Å². The molecule has 0 unspecified atom stereocenters. The smallest absolute Gasteiger partial charge is 0.253 e. The van der Waals surface area contributed by atoms with Crippen molar-refractivity contribution in [1.29, 1.82) is 0 Å². The number of nitrogens with zero attached hydrogens (tertiary/aromatic N) is 2. The predicted octanol–water partition coefficient (Wildman–Crippen LogP) is 3.03. The van der Waals surface area contributed by atoms with E-state index in [2.05, 4.69) is 31.4 Å². The Hall–Kier alpha value is -1.34. The Morgan fingerprint density at radius 2 is 1.95 bits per heavy atom. The van der Waals surface area contributed by atoms with E-state index < -0.39 is 11.6 Å². The van der Waals surface area contributed by atoms with Crippen LogP contribution in [0.3, 0.4) is 0 Å². The summed E-state index contributed by atoms with van der Waals surface area (Å²) in [6.07, 6.45) is 2.27. The molecule has 1 fully saturated rings. The number of benzene rings is 1. The summed E-state index contributed by atoms with van der Waals surface area (Å²) < 4.78 is 33.0. The molecule has 1 heterocycles. The molecule has 3 rings (SSSR count). The predicted molar refractivity (Wildman–Crippen MR) is 67.2 cm³/mol. The van der Waals surface area contributed by atoms with Crippen LogP contribution in [0.15, 0.2) is 21.0 Å². The molecule has 100 valence electrons. The number of hydrogen-bond donors (Lipinski definition) is 1. The molecule has 0 radical (unpaired) electrons. The van der Waals surface area contributed by atoms with E-state index in [4.69, 9.17) is 4.42 Å². The fourth-order valence-corrected chi connectivity index (χ4v) is 2.09. The van der Waals surface area contributed by atoms with Crippen LogP contribution in [0.4, 0.5) is 8.78 Å². The van der Waals surface area contributed by atoms with Crippen molar-refractivity contribution in [1.82, 2.24) is 15.5 Å². The van der Waals surface area contributed by atoms with E-state index in [1.54, 1.807) is 0 Å². The lowest BCUT2D eigenvalue weighted by atomic mass is 10.2. The van der Waals surface area contributed by atoms with Gasteiger partial charge >= 0.3 is 0 Å². The molecule has 0 saturated heterocycles. The Morgan fingerprint density at radius 1 is 1.26 bits per heavy atom. The average Bonchev–Trinajstić information content (AvgIpc) is 3.05. The van der Waals surface area contributed by atoms with Crippen molar-refractivity contribution in [2.45, 2.75) is 25.4 Å². The molecule has 0 amide bonds. The molecule has 2 aromatic rings. The SMILES string of the molecule is Fc1cc(Br)cc(F)c1-c1nnc(CNC2CC2)o1. The summed E-state index contributed by atoms with van der Waals surface area (Å²) in [5.41, 5.74) is -0.298. The summed E-state index contributed by atoms with van der Waals surface area (Å²) in [6, 6.07) is 2.81. The second-order valence-electron chi connectivity index (χ2n) is 4.40. The van der Waals surface area contributed by atoms with E-state index in [0.29, 0.717) is 23.0 Å². The van der Waals surface area contributed by atoms with E-state index >= 15 is 0 Å². The second-order valence-corrected chi connectivity index (χ2v) is 5.32. The maximum Gasteiger partial charge on any atom is 0.253 e. The van der Waals surface area contributed by atoms with Crippen molar-refractivity contribution in [2.24, 2.45) is 0 Å². The topological polar surface area (TPSA) is 51.0 Å². The van der Waals surface area contributed by atoms with Crippen LogP contribution in [0.1, 0.15) is 18.7 Å². The maximum atomic E-state index is 13.7. The maximum absolute atomic E-state index is 13.7. The van der Waals surface area contributed by atoms with Crippen LogP contribution in [0.25, 0.3) is 11.5 Å². The molecule has 7 heteroatoms. The van der Waals surface area contributed by atoms with E-state index in [0.717, 1.165) is 25.0 Å². The minimum atomic E-state index is -0.739. The molecule has 1 aliphatic carbocycles. The van der Waals surface area contributed by atoms with Crippen LogP contribution in [0, 0.1) is 11.6 Å². The van der Waals surface area contributed by atoms with E-state index in [1.165, 1.54) is 0 Å². The number of hydrogen-bond acceptors (Lipinski definition) is 4. The first kappa shape index (κ1) is 12.7. The van der Waals surface area contributed by atoms with Crippen molar-refractivity contribution in [3.63, 3.8) is 0 Å². The van der Waals surface area contributed by atoms with Gasteiger partial charge in [-0.2, -0.15) is 0 Å². The lowest BCUT2D eigenvalue weighted by molar-refractivity contribution is 0.470. The van der Waals surface area contributed by atoms with Gasteiger partial charge in [-0.15, -0.1) is 10.2 Å². The van der Waals surface area contributed by atoms with Gasteiger partial charge < -0.3 is 9.73 Å². The second kappa shape index (κ2) is 4.97. The largest absolute Gasteiger partial charge is 0.419 e. The Balaban J connectivity index is 1.85. The molecule has 1 saturated carbocycles. The first-order valence-corrected chi connectivity index (χ1v) is 6.63. The summed E-state index contributed by atoms with van der Waals surface area (Å²) in [5.74, 6) is -1.30. The Morgan fingerprint density at radius 3 is 2.58 bits per heavy atom. The van der Waals surface area contributed by atoms with Crippen molar-refractivity contribution in [3.8, 4) is 11.5 Å². The zero-order valence-electron chi connectivity index (χ0n) is 9.79. The molecule has 0 spiro atoms. The summed E-state index contributed by atoms with van der Waals surface area (Å²) in [7, 11) is 0. The van der Waals surface area contributed by atoms with E-state index in [1.807, 2.05) is 0 Å². The monoisotopic (exact) mass is 329 g/mol. The molecule has 1 N–H and O–H groups in total. The highest BCUT2D eigenvalue weighted by Crippen LogP contribution is 2.28. The lowest BCUT2D eigenvalue weighted by Gasteiger charge is -2.01. The van der Waals surface area contributed by atoms with Crippen molar-refractivity contribution in [3.05, 3.63) is 34.1 Å². The van der Waals surface area contributed by atoms with Gasteiger partial charge in [-0.1, -0.05) is 15.9 Å². The zero-order chi connectivity index (χ0) is 13.4. The third-order valence-corrected chi connectivity index (χ3v) is 3.26. The average molecular weight is 330 g/mol. The van der Waals surface area contributed by atoms with Crippen LogP contribution in [0.5, 0.6) is 0 Å². The van der Waals surface area contributed by atoms with Crippen molar-refractivity contribution >= 4 is 15.9 Å². The molecule has 0 aliphatic heterocycles. The third-order valence-electron chi connectivity index (χ3n) is 2.81. The molecule has 4 nitrogen and oxygen atoms in total. The number of aromatic nitrogens is 2.